The number of methoxy groups -OCH3 is 1. The normalized spacial score (nSPS) is 10.0. The second-order valence-electron chi connectivity index (χ2n) is 5.19. The molecule has 0 amide bonds. The van der Waals surface area contributed by atoms with Crippen LogP contribution in [0.1, 0.15) is 35.7 Å². The number of aromatic nitrogens is 1. The van der Waals surface area contributed by atoms with E-state index in [0.29, 0.717) is 11.5 Å². The number of hydrogen-bond acceptors (Lipinski definition) is 5. The SMILES string of the molecule is CC.COC(=O)c1ccc(-c2nc(CSc3ccccc3)c(C)o2)cc1. The van der Waals surface area contributed by atoms with E-state index in [1.807, 2.05) is 51.1 Å². The molecule has 5 heteroatoms. The summed E-state index contributed by atoms with van der Waals surface area (Å²) in [4.78, 5) is 17.3. The van der Waals surface area contributed by atoms with Crippen LogP contribution in [0.15, 0.2) is 63.9 Å². The summed E-state index contributed by atoms with van der Waals surface area (Å²) in [5.74, 6) is 1.77. The quantitative estimate of drug-likeness (QED) is 0.423. The van der Waals surface area contributed by atoms with E-state index in [0.717, 1.165) is 22.8 Å². The summed E-state index contributed by atoms with van der Waals surface area (Å²) < 4.78 is 10.5. The van der Waals surface area contributed by atoms with E-state index in [1.165, 1.54) is 12.0 Å². The standard InChI is InChI=1S/C19H17NO3S.C2H6/c1-13-17(12-24-16-6-4-3-5-7-16)20-18(23-13)14-8-10-15(11-9-14)19(21)22-2;1-2/h3-11H,12H2,1-2H3;1-2H3. The Balaban J connectivity index is 0.00000117. The zero-order valence-electron chi connectivity index (χ0n) is 15.5. The van der Waals surface area contributed by atoms with Crippen LogP contribution >= 0.6 is 11.8 Å². The molecule has 0 unspecified atom stereocenters. The molecule has 0 N–H and O–H groups in total. The Kier molecular flexibility index (Phi) is 7.48. The van der Waals surface area contributed by atoms with Gasteiger partial charge in [0.15, 0.2) is 0 Å². The van der Waals surface area contributed by atoms with Gasteiger partial charge < -0.3 is 9.15 Å². The van der Waals surface area contributed by atoms with Gasteiger partial charge in [0, 0.05) is 16.2 Å². The Labute approximate surface area is 158 Å². The lowest BCUT2D eigenvalue weighted by Gasteiger charge is -2.00. The van der Waals surface area contributed by atoms with Gasteiger partial charge in [-0.25, -0.2) is 9.78 Å². The third kappa shape index (κ3) is 4.99. The first-order chi connectivity index (χ1) is 12.7. The first-order valence-corrected chi connectivity index (χ1v) is 9.49. The van der Waals surface area contributed by atoms with Crippen LogP contribution in [0.2, 0.25) is 0 Å². The Morgan fingerprint density at radius 1 is 1.08 bits per heavy atom. The van der Waals surface area contributed by atoms with E-state index in [9.17, 15) is 4.79 Å². The van der Waals surface area contributed by atoms with Gasteiger partial charge in [0.1, 0.15) is 5.76 Å². The fraction of sp³-hybridized carbons (Fsp3) is 0.238. The molecule has 0 aliphatic heterocycles. The highest BCUT2D eigenvalue weighted by molar-refractivity contribution is 7.98. The summed E-state index contributed by atoms with van der Waals surface area (Å²) in [7, 11) is 1.37. The molecule has 0 radical (unpaired) electrons. The third-order valence-corrected chi connectivity index (χ3v) is 4.59. The minimum atomic E-state index is -0.356. The van der Waals surface area contributed by atoms with Crippen molar-refractivity contribution >= 4 is 17.7 Å². The fourth-order valence-electron chi connectivity index (χ4n) is 2.22. The van der Waals surface area contributed by atoms with Gasteiger partial charge in [-0.1, -0.05) is 32.0 Å². The maximum Gasteiger partial charge on any atom is 0.337 e. The number of thioether (sulfide) groups is 1. The van der Waals surface area contributed by atoms with Crippen LogP contribution in [0, 0.1) is 6.92 Å². The zero-order valence-corrected chi connectivity index (χ0v) is 16.3. The Morgan fingerprint density at radius 3 is 2.35 bits per heavy atom. The Bertz CT molecular complexity index is 826. The van der Waals surface area contributed by atoms with Crippen molar-refractivity contribution in [3.05, 3.63) is 71.6 Å². The molecule has 0 bridgehead atoms. The Hall–Kier alpha value is -2.53. The average molecular weight is 369 g/mol. The van der Waals surface area contributed by atoms with Crippen molar-refractivity contribution < 1.29 is 13.9 Å². The number of aryl methyl sites for hydroxylation is 1. The molecule has 1 aromatic heterocycles. The summed E-state index contributed by atoms with van der Waals surface area (Å²) in [6.07, 6.45) is 0. The molecule has 3 aromatic rings. The minimum absolute atomic E-state index is 0.356. The van der Waals surface area contributed by atoms with Gasteiger partial charge in [-0.15, -0.1) is 11.8 Å². The van der Waals surface area contributed by atoms with Gasteiger partial charge in [-0.2, -0.15) is 0 Å². The van der Waals surface area contributed by atoms with Gasteiger partial charge in [0.25, 0.3) is 0 Å². The maximum absolute atomic E-state index is 11.5. The molecule has 4 nitrogen and oxygen atoms in total. The van der Waals surface area contributed by atoms with E-state index in [2.05, 4.69) is 17.1 Å². The summed E-state index contributed by atoms with van der Waals surface area (Å²) >= 11 is 1.72. The number of carbonyl (C=O) groups is 1. The van der Waals surface area contributed by atoms with Gasteiger partial charge in [-0.05, 0) is 43.3 Å². The predicted molar refractivity (Wildman–Crippen MR) is 105 cm³/mol. The van der Waals surface area contributed by atoms with Crippen molar-refractivity contribution in [2.45, 2.75) is 31.4 Å². The van der Waals surface area contributed by atoms with E-state index in [4.69, 9.17) is 9.15 Å². The predicted octanol–water partition coefficient (Wildman–Crippen LogP) is 5.76. The van der Waals surface area contributed by atoms with Crippen molar-refractivity contribution in [2.24, 2.45) is 0 Å². The van der Waals surface area contributed by atoms with Crippen LogP contribution in [0.4, 0.5) is 0 Å². The maximum atomic E-state index is 11.5. The second-order valence-corrected chi connectivity index (χ2v) is 6.24. The second kappa shape index (κ2) is 9.82. The van der Waals surface area contributed by atoms with Crippen LogP contribution in [-0.2, 0) is 10.5 Å². The van der Waals surface area contributed by atoms with Gasteiger partial charge in [0.05, 0.1) is 18.4 Å². The van der Waals surface area contributed by atoms with Crippen LogP contribution in [0.25, 0.3) is 11.5 Å². The summed E-state index contributed by atoms with van der Waals surface area (Å²) in [6, 6.07) is 17.2. The molecule has 3 rings (SSSR count). The Morgan fingerprint density at radius 2 is 1.73 bits per heavy atom. The highest BCUT2D eigenvalue weighted by atomic mass is 32.2. The lowest BCUT2D eigenvalue weighted by molar-refractivity contribution is 0.0600. The zero-order chi connectivity index (χ0) is 18.9. The van der Waals surface area contributed by atoms with Crippen LogP contribution in [0.3, 0.4) is 0 Å². The van der Waals surface area contributed by atoms with Crippen molar-refractivity contribution in [2.75, 3.05) is 7.11 Å². The number of rotatable bonds is 5. The number of oxazole rings is 1. The molecule has 1 heterocycles. The molecular weight excluding hydrogens is 346 g/mol. The molecular formula is C21H23NO3S. The number of hydrogen-bond donors (Lipinski definition) is 0. The average Bonchev–Trinajstić information content (AvgIpc) is 3.09. The van der Waals surface area contributed by atoms with E-state index >= 15 is 0 Å². The molecule has 0 fully saturated rings. The molecule has 2 aromatic carbocycles. The monoisotopic (exact) mass is 369 g/mol. The van der Waals surface area contributed by atoms with Crippen molar-refractivity contribution in [1.29, 1.82) is 0 Å². The highest BCUT2D eigenvalue weighted by Gasteiger charge is 2.13. The van der Waals surface area contributed by atoms with Gasteiger partial charge in [0.2, 0.25) is 5.89 Å². The first-order valence-electron chi connectivity index (χ1n) is 8.50. The minimum Gasteiger partial charge on any atom is -0.465 e. The summed E-state index contributed by atoms with van der Waals surface area (Å²) in [6.45, 7) is 5.92. The molecule has 0 saturated heterocycles. The first kappa shape index (κ1) is 19.8. The lowest BCUT2D eigenvalue weighted by atomic mass is 10.1. The molecule has 0 saturated carbocycles. The van der Waals surface area contributed by atoms with Crippen LogP contribution in [0.5, 0.6) is 0 Å². The lowest BCUT2D eigenvalue weighted by Crippen LogP contribution is -2.00. The number of ether oxygens (including phenoxy) is 1. The smallest absolute Gasteiger partial charge is 0.337 e. The third-order valence-electron chi connectivity index (χ3n) is 3.56. The largest absolute Gasteiger partial charge is 0.465 e. The highest BCUT2D eigenvalue weighted by Crippen LogP contribution is 2.27. The summed E-state index contributed by atoms with van der Waals surface area (Å²) in [5.41, 5.74) is 2.27. The molecule has 136 valence electrons. The number of nitrogens with zero attached hydrogens (tertiary/aromatic N) is 1. The van der Waals surface area contributed by atoms with E-state index in [-0.39, 0.29) is 5.97 Å². The molecule has 0 aliphatic carbocycles. The molecule has 0 spiro atoms. The van der Waals surface area contributed by atoms with Gasteiger partial charge >= 0.3 is 5.97 Å². The molecule has 0 atom stereocenters. The van der Waals surface area contributed by atoms with E-state index in [1.54, 1.807) is 23.9 Å². The van der Waals surface area contributed by atoms with Crippen LogP contribution in [-0.4, -0.2) is 18.1 Å². The van der Waals surface area contributed by atoms with E-state index < -0.39 is 0 Å². The van der Waals surface area contributed by atoms with Crippen molar-refractivity contribution in [3.8, 4) is 11.5 Å². The molecule has 0 aliphatic rings. The number of esters is 1. The van der Waals surface area contributed by atoms with Gasteiger partial charge in [-0.3, -0.25) is 0 Å². The molecule has 26 heavy (non-hydrogen) atoms. The van der Waals surface area contributed by atoms with Crippen LogP contribution < -0.4 is 0 Å². The van der Waals surface area contributed by atoms with Crippen molar-refractivity contribution in [3.63, 3.8) is 0 Å². The fourth-order valence-corrected chi connectivity index (χ4v) is 3.14. The topological polar surface area (TPSA) is 52.3 Å². The summed E-state index contributed by atoms with van der Waals surface area (Å²) in [5, 5.41) is 0. The van der Waals surface area contributed by atoms with Crippen molar-refractivity contribution in [1.82, 2.24) is 4.98 Å². The number of benzene rings is 2. The number of carbonyl (C=O) groups excluding carboxylic acids is 1.